The Hall–Kier alpha value is -0.830. The topological polar surface area (TPSA) is 38.0 Å². The van der Waals surface area contributed by atoms with Crippen LogP contribution in [0.25, 0.3) is 0 Å². The van der Waals surface area contributed by atoms with E-state index in [4.69, 9.17) is 5.11 Å². The molecule has 62 valence electrons. The third-order valence-corrected chi connectivity index (χ3v) is 1.67. The average molecular weight is 154 g/mol. The lowest BCUT2D eigenvalue weighted by atomic mass is 10.3. The van der Waals surface area contributed by atoms with E-state index in [0.717, 1.165) is 5.69 Å². The predicted molar refractivity (Wildman–Crippen MR) is 43.4 cm³/mol. The standard InChI is InChI=1S/C8H14N2O/c1-7(2)10-6-9-5-8(10)3-4-11/h5-7,11H,3-4H2,1-2H3. The number of aliphatic hydroxyl groups is 1. The van der Waals surface area contributed by atoms with Crippen LogP contribution in [-0.2, 0) is 6.42 Å². The molecule has 0 aliphatic carbocycles. The molecule has 0 aliphatic rings. The summed E-state index contributed by atoms with van der Waals surface area (Å²) in [7, 11) is 0. The largest absolute Gasteiger partial charge is 0.396 e. The summed E-state index contributed by atoms with van der Waals surface area (Å²) < 4.78 is 2.07. The van der Waals surface area contributed by atoms with Gasteiger partial charge in [0, 0.05) is 31.0 Å². The van der Waals surface area contributed by atoms with Gasteiger partial charge in [-0.15, -0.1) is 0 Å². The van der Waals surface area contributed by atoms with E-state index in [-0.39, 0.29) is 6.61 Å². The normalized spacial score (nSPS) is 10.9. The highest BCUT2D eigenvalue weighted by molar-refractivity contribution is 4.99. The molecule has 1 heterocycles. The summed E-state index contributed by atoms with van der Waals surface area (Å²) in [5.74, 6) is 0. The molecule has 0 aromatic carbocycles. The number of aliphatic hydroxyl groups excluding tert-OH is 1. The Bertz CT molecular complexity index is 218. The van der Waals surface area contributed by atoms with Crippen molar-refractivity contribution in [1.29, 1.82) is 0 Å². The van der Waals surface area contributed by atoms with Crippen LogP contribution in [0.4, 0.5) is 0 Å². The number of rotatable bonds is 3. The monoisotopic (exact) mass is 154 g/mol. The summed E-state index contributed by atoms with van der Waals surface area (Å²) in [6, 6.07) is 0.430. The Morgan fingerprint density at radius 2 is 2.36 bits per heavy atom. The molecular formula is C8H14N2O. The number of hydrogen-bond donors (Lipinski definition) is 1. The van der Waals surface area contributed by atoms with Gasteiger partial charge in [-0.1, -0.05) is 0 Å². The van der Waals surface area contributed by atoms with Crippen LogP contribution in [0.3, 0.4) is 0 Å². The molecule has 1 N–H and O–H groups in total. The second-order valence-corrected chi connectivity index (χ2v) is 2.86. The summed E-state index contributed by atoms with van der Waals surface area (Å²) in [6.45, 7) is 4.39. The van der Waals surface area contributed by atoms with Gasteiger partial charge in [-0.2, -0.15) is 0 Å². The molecule has 1 aromatic heterocycles. The van der Waals surface area contributed by atoms with Crippen LogP contribution in [0.1, 0.15) is 25.6 Å². The lowest BCUT2D eigenvalue weighted by molar-refractivity contribution is 0.295. The van der Waals surface area contributed by atoms with Crippen LogP contribution in [0.2, 0.25) is 0 Å². The molecule has 0 unspecified atom stereocenters. The highest BCUT2D eigenvalue weighted by Gasteiger charge is 2.03. The maximum Gasteiger partial charge on any atom is 0.0950 e. The lowest BCUT2D eigenvalue weighted by Gasteiger charge is -2.09. The van der Waals surface area contributed by atoms with E-state index in [2.05, 4.69) is 23.4 Å². The summed E-state index contributed by atoms with van der Waals surface area (Å²) >= 11 is 0. The second kappa shape index (κ2) is 3.53. The Balaban J connectivity index is 2.78. The van der Waals surface area contributed by atoms with Crippen LogP contribution in [-0.4, -0.2) is 21.3 Å². The first-order valence-electron chi connectivity index (χ1n) is 3.87. The van der Waals surface area contributed by atoms with Crippen LogP contribution in [0.15, 0.2) is 12.5 Å². The van der Waals surface area contributed by atoms with E-state index >= 15 is 0 Å². The average Bonchev–Trinajstić information content (AvgIpc) is 2.36. The van der Waals surface area contributed by atoms with Crippen LogP contribution >= 0.6 is 0 Å². The fourth-order valence-corrected chi connectivity index (χ4v) is 1.11. The minimum Gasteiger partial charge on any atom is -0.396 e. The van der Waals surface area contributed by atoms with Crippen molar-refractivity contribution in [2.45, 2.75) is 26.3 Å². The van der Waals surface area contributed by atoms with E-state index in [9.17, 15) is 0 Å². The molecule has 1 aromatic rings. The highest BCUT2D eigenvalue weighted by atomic mass is 16.3. The molecule has 0 bridgehead atoms. The van der Waals surface area contributed by atoms with Crippen molar-refractivity contribution in [1.82, 2.24) is 9.55 Å². The predicted octanol–water partition coefficient (Wildman–Crippen LogP) is 0.999. The first kappa shape index (κ1) is 8.27. The Morgan fingerprint density at radius 1 is 1.64 bits per heavy atom. The second-order valence-electron chi connectivity index (χ2n) is 2.86. The molecule has 3 heteroatoms. The molecule has 0 spiro atoms. The van der Waals surface area contributed by atoms with Gasteiger partial charge < -0.3 is 9.67 Å². The highest BCUT2D eigenvalue weighted by Crippen LogP contribution is 2.08. The fourth-order valence-electron chi connectivity index (χ4n) is 1.11. The molecule has 0 radical (unpaired) electrons. The molecule has 3 nitrogen and oxygen atoms in total. The van der Waals surface area contributed by atoms with Crippen molar-refractivity contribution >= 4 is 0 Å². The van der Waals surface area contributed by atoms with Gasteiger partial charge in [-0.3, -0.25) is 0 Å². The zero-order valence-corrected chi connectivity index (χ0v) is 6.99. The van der Waals surface area contributed by atoms with Crippen LogP contribution in [0.5, 0.6) is 0 Å². The Kier molecular flexibility index (Phi) is 2.65. The van der Waals surface area contributed by atoms with Gasteiger partial charge in [0.05, 0.1) is 6.33 Å². The Labute approximate surface area is 66.7 Å². The summed E-state index contributed by atoms with van der Waals surface area (Å²) in [5, 5.41) is 8.70. The van der Waals surface area contributed by atoms with E-state index in [1.165, 1.54) is 0 Å². The lowest BCUT2D eigenvalue weighted by Crippen LogP contribution is -2.05. The molecule has 0 saturated heterocycles. The molecule has 0 amide bonds. The summed E-state index contributed by atoms with van der Waals surface area (Å²) in [6.07, 6.45) is 4.30. The zero-order chi connectivity index (χ0) is 8.27. The van der Waals surface area contributed by atoms with E-state index in [1.54, 1.807) is 12.5 Å². The zero-order valence-electron chi connectivity index (χ0n) is 6.99. The van der Waals surface area contributed by atoms with Crippen molar-refractivity contribution in [3.8, 4) is 0 Å². The summed E-state index contributed by atoms with van der Waals surface area (Å²) in [5.41, 5.74) is 1.10. The van der Waals surface area contributed by atoms with Crippen molar-refractivity contribution in [3.63, 3.8) is 0 Å². The van der Waals surface area contributed by atoms with Crippen molar-refractivity contribution in [2.24, 2.45) is 0 Å². The minimum atomic E-state index is 0.193. The molecule has 0 saturated carbocycles. The minimum absolute atomic E-state index is 0.193. The SMILES string of the molecule is CC(C)n1cncc1CCO. The van der Waals surface area contributed by atoms with Crippen LogP contribution in [0, 0.1) is 0 Å². The molecule has 1 rings (SSSR count). The number of aromatic nitrogens is 2. The number of nitrogens with zero attached hydrogens (tertiary/aromatic N) is 2. The maximum absolute atomic E-state index is 8.70. The van der Waals surface area contributed by atoms with Gasteiger partial charge in [0.25, 0.3) is 0 Å². The molecule has 0 fully saturated rings. The third-order valence-electron chi connectivity index (χ3n) is 1.67. The van der Waals surface area contributed by atoms with Gasteiger partial charge in [-0.05, 0) is 13.8 Å². The first-order valence-corrected chi connectivity index (χ1v) is 3.87. The van der Waals surface area contributed by atoms with Gasteiger partial charge in [0.1, 0.15) is 0 Å². The van der Waals surface area contributed by atoms with Gasteiger partial charge in [0.15, 0.2) is 0 Å². The maximum atomic E-state index is 8.70. The number of hydrogen-bond acceptors (Lipinski definition) is 2. The van der Waals surface area contributed by atoms with Crippen molar-refractivity contribution in [3.05, 3.63) is 18.2 Å². The Morgan fingerprint density at radius 3 is 2.91 bits per heavy atom. The first-order chi connectivity index (χ1) is 5.25. The van der Waals surface area contributed by atoms with Gasteiger partial charge >= 0.3 is 0 Å². The van der Waals surface area contributed by atoms with Gasteiger partial charge in [0.2, 0.25) is 0 Å². The van der Waals surface area contributed by atoms with Gasteiger partial charge in [-0.25, -0.2) is 4.98 Å². The van der Waals surface area contributed by atoms with Crippen molar-refractivity contribution in [2.75, 3.05) is 6.61 Å². The number of imidazole rings is 1. The molecule has 11 heavy (non-hydrogen) atoms. The molecule has 0 aliphatic heterocycles. The quantitative estimate of drug-likeness (QED) is 0.705. The summed E-state index contributed by atoms with van der Waals surface area (Å²) in [4.78, 5) is 4.01. The van der Waals surface area contributed by atoms with E-state index < -0.39 is 0 Å². The van der Waals surface area contributed by atoms with E-state index in [0.29, 0.717) is 12.5 Å². The van der Waals surface area contributed by atoms with E-state index in [1.807, 2.05) is 0 Å². The van der Waals surface area contributed by atoms with Crippen molar-refractivity contribution < 1.29 is 5.11 Å². The van der Waals surface area contributed by atoms with Crippen LogP contribution < -0.4 is 0 Å². The fraction of sp³-hybridized carbons (Fsp3) is 0.625. The molecular weight excluding hydrogens is 140 g/mol. The smallest absolute Gasteiger partial charge is 0.0950 e. The molecule has 0 atom stereocenters. The third kappa shape index (κ3) is 1.80.